The normalized spacial score (nSPS) is 12.1. The van der Waals surface area contributed by atoms with Crippen molar-refractivity contribution in [2.45, 2.75) is 52.6 Å². The van der Waals surface area contributed by atoms with Gasteiger partial charge in [-0.15, -0.1) is 37.5 Å². The van der Waals surface area contributed by atoms with E-state index in [9.17, 15) is 0 Å². The van der Waals surface area contributed by atoms with Gasteiger partial charge in [0, 0.05) is 28.4 Å². The third kappa shape index (κ3) is 7.38. The second-order valence-corrected chi connectivity index (χ2v) is 10.6. The fourth-order valence-corrected chi connectivity index (χ4v) is 5.14. The Morgan fingerprint density at radius 2 is 0.707 bits per heavy atom. The van der Waals surface area contributed by atoms with Crippen LogP contribution in [0.4, 0.5) is 0 Å². The number of aryl methyl sites for hydroxylation is 4. The van der Waals surface area contributed by atoms with Crippen LogP contribution >= 0.6 is 0 Å². The Balaban J connectivity index is 1.81. The van der Waals surface area contributed by atoms with Crippen molar-refractivity contribution >= 4 is 0 Å². The zero-order valence-corrected chi connectivity index (χ0v) is 25.5. The van der Waals surface area contributed by atoms with E-state index in [1.165, 1.54) is 0 Å². The Hall–Kier alpha value is -3.60. The number of ether oxygens (including phenoxy) is 4. The molecule has 0 aliphatic heterocycles. The lowest BCUT2D eigenvalue weighted by atomic mass is 9.87. The summed E-state index contributed by atoms with van der Waals surface area (Å²) in [5, 5.41) is 19.1. The van der Waals surface area contributed by atoms with E-state index in [1.807, 2.05) is 90.4 Å². The standard InChI is InChI=1S/C25H44N12O4/c1-30-21(13-38-5)9-34(26-30)17-25(18-35-10-22(14-39-6)31(2)27-35,19-36-11-23(15-40-7)32(3)28-36)20-37-12-24(16-41-8)33(4)29-37/h9-12H,13-20H2,1-8H3/q+4. The lowest BCUT2D eigenvalue weighted by molar-refractivity contribution is -0.863. The van der Waals surface area contributed by atoms with E-state index in [2.05, 4.69) is 0 Å². The molecule has 0 unspecified atom stereocenters. The molecule has 0 aliphatic carbocycles. The van der Waals surface area contributed by atoms with E-state index < -0.39 is 5.41 Å². The van der Waals surface area contributed by atoms with E-state index in [1.54, 1.807) is 28.4 Å². The van der Waals surface area contributed by atoms with Crippen molar-refractivity contribution in [2.24, 2.45) is 33.6 Å². The highest BCUT2D eigenvalue weighted by Crippen LogP contribution is 2.20. The van der Waals surface area contributed by atoms with Crippen LogP contribution in [0.1, 0.15) is 22.8 Å². The van der Waals surface area contributed by atoms with Crippen molar-refractivity contribution in [3.05, 3.63) is 47.6 Å². The number of rotatable bonds is 16. The second kappa shape index (κ2) is 13.4. The molecule has 0 fully saturated rings. The van der Waals surface area contributed by atoms with Crippen molar-refractivity contribution in [1.29, 1.82) is 0 Å². The van der Waals surface area contributed by atoms with Gasteiger partial charge in [0.05, 0.1) is 20.9 Å². The summed E-state index contributed by atoms with van der Waals surface area (Å²) in [4.78, 5) is 0. The summed E-state index contributed by atoms with van der Waals surface area (Å²) < 4.78 is 36.8. The SMILES string of the molecule is COCc1c[n+](CC(C[n+]2cc(COC)n(C)n2)(C[n+]2cc(COC)n(C)n2)C[n+]2cc(COC)n(C)n2)nn1C. The minimum Gasteiger partial charge on any atom is -0.376 e. The van der Waals surface area contributed by atoms with Gasteiger partial charge in [-0.1, -0.05) is 0 Å². The molecule has 0 bridgehead atoms. The monoisotopic (exact) mass is 576 g/mol. The Morgan fingerprint density at radius 1 is 0.488 bits per heavy atom. The zero-order chi connectivity index (χ0) is 29.6. The Bertz CT molecular complexity index is 1210. The molecule has 0 aliphatic rings. The van der Waals surface area contributed by atoms with E-state index in [0.717, 1.165) is 22.8 Å². The van der Waals surface area contributed by atoms with Crippen LogP contribution < -0.4 is 18.7 Å². The number of methoxy groups -OCH3 is 4. The summed E-state index contributed by atoms with van der Waals surface area (Å²) in [5.41, 5.74) is 3.38. The van der Waals surface area contributed by atoms with Gasteiger partial charge in [0.2, 0.25) is 0 Å². The summed E-state index contributed by atoms with van der Waals surface area (Å²) in [5.74, 6) is 0. The molecule has 0 N–H and O–H groups in total. The van der Waals surface area contributed by atoms with Gasteiger partial charge in [0.1, 0.15) is 86.2 Å². The first-order chi connectivity index (χ1) is 19.7. The van der Waals surface area contributed by atoms with Gasteiger partial charge in [-0.05, 0) is 0 Å². The molecule has 4 rings (SSSR count). The highest BCUT2D eigenvalue weighted by Gasteiger charge is 2.45. The minimum atomic E-state index is -0.487. The molecular formula is C25H44N12O4+4. The van der Waals surface area contributed by atoms with Crippen LogP contribution in [-0.2, 0) is 99.7 Å². The largest absolute Gasteiger partial charge is 0.376 e. The first-order valence-corrected chi connectivity index (χ1v) is 13.4. The molecule has 0 spiro atoms. The molecule has 0 saturated carbocycles. The number of hydrogen-bond acceptors (Lipinski definition) is 8. The van der Waals surface area contributed by atoms with Crippen LogP contribution in [0.5, 0.6) is 0 Å². The van der Waals surface area contributed by atoms with Crippen LogP contribution in [0, 0.1) is 5.41 Å². The maximum atomic E-state index is 5.40. The quantitative estimate of drug-likeness (QED) is 0.134. The van der Waals surface area contributed by atoms with Crippen LogP contribution in [0.3, 0.4) is 0 Å². The Morgan fingerprint density at radius 3 is 0.902 bits per heavy atom. The molecule has 16 nitrogen and oxygen atoms in total. The highest BCUT2D eigenvalue weighted by atomic mass is 16.5. The molecule has 0 atom stereocenters. The third-order valence-electron chi connectivity index (χ3n) is 7.01. The molecule has 224 valence electrons. The summed E-state index contributed by atoms with van der Waals surface area (Å²) in [6.45, 7) is 4.07. The van der Waals surface area contributed by atoms with Crippen molar-refractivity contribution in [3.8, 4) is 0 Å². The average molecular weight is 577 g/mol. The molecule has 4 heterocycles. The molecule has 0 aromatic carbocycles. The number of aromatic nitrogens is 12. The van der Waals surface area contributed by atoms with Crippen LogP contribution in [0.15, 0.2) is 24.8 Å². The van der Waals surface area contributed by atoms with Gasteiger partial charge in [-0.3, -0.25) is 0 Å². The molecule has 41 heavy (non-hydrogen) atoms. The predicted octanol–water partition coefficient (Wildman–Crippen LogP) is -2.56. The van der Waals surface area contributed by atoms with Gasteiger partial charge < -0.3 is 18.9 Å². The minimum absolute atomic E-state index is 0.462. The first-order valence-electron chi connectivity index (χ1n) is 13.4. The van der Waals surface area contributed by atoms with Crippen LogP contribution in [0.25, 0.3) is 0 Å². The smallest absolute Gasteiger partial charge is 0.192 e. The Kier molecular flexibility index (Phi) is 9.90. The van der Waals surface area contributed by atoms with Gasteiger partial charge in [0.15, 0.2) is 47.6 Å². The first kappa shape index (κ1) is 30.4. The Labute approximate surface area is 239 Å². The molecule has 16 heteroatoms. The predicted molar refractivity (Wildman–Crippen MR) is 139 cm³/mol. The molecule has 0 saturated heterocycles. The fraction of sp³-hybridized carbons (Fsp3) is 0.680. The highest BCUT2D eigenvalue weighted by molar-refractivity contribution is 4.89. The fourth-order valence-electron chi connectivity index (χ4n) is 5.14. The van der Waals surface area contributed by atoms with Gasteiger partial charge in [-0.25, -0.2) is 0 Å². The lowest BCUT2D eigenvalue weighted by Crippen LogP contribution is -2.64. The lowest BCUT2D eigenvalue weighted by Gasteiger charge is -2.24. The molecule has 0 amide bonds. The van der Waals surface area contributed by atoms with Crippen LogP contribution in [-0.4, -0.2) is 68.0 Å². The number of nitrogens with zero attached hydrogens (tertiary/aromatic N) is 12. The van der Waals surface area contributed by atoms with Crippen LogP contribution in [0.2, 0.25) is 0 Å². The second-order valence-electron chi connectivity index (χ2n) is 10.6. The maximum Gasteiger partial charge on any atom is 0.192 e. The van der Waals surface area contributed by atoms with Crippen molar-refractivity contribution < 1.29 is 37.7 Å². The topological polar surface area (TPSA) is 124 Å². The summed E-state index contributed by atoms with van der Waals surface area (Å²) in [7, 11) is 14.4. The van der Waals surface area contributed by atoms with E-state index in [0.29, 0.717) is 52.6 Å². The third-order valence-corrected chi connectivity index (χ3v) is 7.01. The molecular weight excluding hydrogens is 532 g/mol. The zero-order valence-electron chi connectivity index (χ0n) is 25.5. The van der Waals surface area contributed by atoms with E-state index in [4.69, 9.17) is 39.8 Å². The average Bonchev–Trinajstić information content (AvgIpc) is 3.63. The van der Waals surface area contributed by atoms with Gasteiger partial charge in [-0.2, -0.15) is 0 Å². The summed E-state index contributed by atoms with van der Waals surface area (Å²) in [6, 6.07) is 0. The van der Waals surface area contributed by atoms with Crippen molar-refractivity contribution in [3.63, 3.8) is 0 Å². The summed E-state index contributed by atoms with van der Waals surface area (Å²) in [6.07, 6.45) is 8.10. The molecule has 4 aromatic rings. The van der Waals surface area contributed by atoms with Crippen molar-refractivity contribution in [1.82, 2.24) is 39.6 Å². The number of hydrogen-bond donors (Lipinski definition) is 0. The maximum absolute atomic E-state index is 5.40. The molecule has 4 aromatic heterocycles. The van der Waals surface area contributed by atoms with Crippen molar-refractivity contribution in [2.75, 3.05) is 28.4 Å². The summed E-state index contributed by atoms with van der Waals surface area (Å²) >= 11 is 0. The van der Waals surface area contributed by atoms with Gasteiger partial charge >= 0.3 is 0 Å². The van der Waals surface area contributed by atoms with Gasteiger partial charge in [0.25, 0.3) is 0 Å². The molecule has 0 radical (unpaired) electrons. The van der Waals surface area contributed by atoms with E-state index >= 15 is 0 Å². The van der Waals surface area contributed by atoms with E-state index in [-0.39, 0.29) is 0 Å².